The molecule has 0 aliphatic heterocycles. The number of hydrogen-bond acceptors (Lipinski definition) is 7. The van der Waals surface area contributed by atoms with Crippen LogP contribution in [0.5, 0.6) is 0 Å². The lowest BCUT2D eigenvalue weighted by Crippen LogP contribution is -2.42. The van der Waals surface area contributed by atoms with E-state index in [1.807, 2.05) is 0 Å². The van der Waals surface area contributed by atoms with Crippen LogP contribution in [0.2, 0.25) is 0 Å². The average molecular weight is 307 g/mol. The van der Waals surface area contributed by atoms with Crippen molar-refractivity contribution < 1.29 is 23.9 Å². The van der Waals surface area contributed by atoms with Gasteiger partial charge >= 0.3 is 12.0 Å². The quantitative estimate of drug-likeness (QED) is 0.372. The Morgan fingerprint density at radius 2 is 2.05 bits per heavy atom. The van der Waals surface area contributed by atoms with Crippen molar-refractivity contribution in [2.24, 2.45) is 5.73 Å². The Balaban J connectivity index is 3.72. The zero-order valence-electron chi connectivity index (χ0n) is 11.6. The van der Waals surface area contributed by atoms with E-state index in [1.54, 1.807) is 6.92 Å². The number of hydrogen-bond donors (Lipinski definition) is 3. The fourth-order valence-corrected chi connectivity index (χ4v) is 1.83. The van der Waals surface area contributed by atoms with Crippen molar-refractivity contribution in [2.45, 2.75) is 13.0 Å². The van der Waals surface area contributed by atoms with Gasteiger partial charge in [0.15, 0.2) is 0 Å². The van der Waals surface area contributed by atoms with Crippen LogP contribution in [0.4, 0.5) is 4.79 Å². The van der Waals surface area contributed by atoms with E-state index in [0.29, 0.717) is 13.2 Å². The summed E-state index contributed by atoms with van der Waals surface area (Å²) in [5.74, 6) is -0.679. The number of urea groups is 1. The second-order valence-electron chi connectivity index (χ2n) is 3.67. The van der Waals surface area contributed by atoms with E-state index in [0.717, 1.165) is 11.8 Å². The molecule has 0 saturated heterocycles. The summed E-state index contributed by atoms with van der Waals surface area (Å²) < 4.78 is 9.47. The fraction of sp³-hybridized carbons (Fsp3) is 0.727. The first-order valence-corrected chi connectivity index (χ1v) is 7.23. The summed E-state index contributed by atoms with van der Waals surface area (Å²) in [5, 5.41) is 4.59. The number of methoxy groups -OCH3 is 1. The molecule has 116 valence electrons. The summed E-state index contributed by atoms with van der Waals surface area (Å²) in [6, 6.07) is -1.36. The number of rotatable bonds is 9. The van der Waals surface area contributed by atoms with Crippen LogP contribution >= 0.6 is 11.8 Å². The number of thioether (sulfide) groups is 1. The van der Waals surface area contributed by atoms with Crippen molar-refractivity contribution in [1.29, 1.82) is 0 Å². The Labute approximate surface area is 122 Å². The van der Waals surface area contributed by atoms with E-state index in [2.05, 4.69) is 10.6 Å². The first-order chi connectivity index (χ1) is 9.51. The Kier molecular flexibility index (Phi) is 10.7. The van der Waals surface area contributed by atoms with Crippen LogP contribution in [0.15, 0.2) is 0 Å². The zero-order chi connectivity index (χ0) is 15.4. The van der Waals surface area contributed by atoms with Gasteiger partial charge in [-0.15, -0.1) is 11.8 Å². The number of carbonyl (C=O) groups excluding carboxylic acids is 3. The fourth-order valence-electron chi connectivity index (χ4n) is 1.07. The van der Waals surface area contributed by atoms with Gasteiger partial charge in [0.25, 0.3) is 0 Å². The van der Waals surface area contributed by atoms with Gasteiger partial charge in [0.2, 0.25) is 5.91 Å². The van der Waals surface area contributed by atoms with Gasteiger partial charge in [0.1, 0.15) is 6.04 Å². The number of nitrogens with one attached hydrogen (secondary N) is 2. The predicted molar refractivity (Wildman–Crippen MR) is 75.4 cm³/mol. The molecule has 0 aromatic rings. The van der Waals surface area contributed by atoms with Crippen LogP contribution in [0.25, 0.3) is 0 Å². The van der Waals surface area contributed by atoms with E-state index in [9.17, 15) is 14.4 Å². The molecule has 1 unspecified atom stereocenters. The summed E-state index contributed by atoms with van der Waals surface area (Å²) in [6.45, 7) is 2.63. The molecule has 3 amide bonds. The van der Waals surface area contributed by atoms with Gasteiger partial charge in [-0.3, -0.25) is 14.9 Å². The highest BCUT2D eigenvalue weighted by molar-refractivity contribution is 8.00. The monoisotopic (exact) mass is 307 g/mol. The number of carbonyl (C=O) groups is 3. The van der Waals surface area contributed by atoms with Crippen LogP contribution in [0, 0.1) is 0 Å². The molecule has 0 aromatic heterocycles. The Bertz CT molecular complexity index is 327. The molecular formula is C11H21N3O5S. The third-order valence-corrected chi connectivity index (χ3v) is 3.03. The lowest BCUT2D eigenvalue weighted by Gasteiger charge is -2.10. The summed E-state index contributed by atoms with van der Waals surface area (Å²) in [7, 11) is 1.51. The van der Waals surface area contributed by atoms with Crippen molar-refractivity contribution in [1.82, 2.24) is 10.6 Å². The van der Waals surface area contributed by atoms with Crippen LogP contribution in [-0.4, -0.2) is 62.3 Å². The third kappa shape index (κ3) is 9.59. The molecular weight excluding hydrogens is 286 g/mol. The summed E-state index contributed by atoms with van der Waals surface area (Å²) in [5.41, 5.74) is 5.55. The predicted octanol–water partition coefficient (Wildman–Crippen LogP) is -0.918. The summed E-state index contributed by atoms with van der Waals surface area (Å²) in [6.07, 6.45) is 0. The van der Waals surface area contributed by atoms with E-state index < -0.39 is 23.9 Å². The molecule has 9 heteroatoms. The van der Waals surface area contributed by atoms with Gasteiger partial charge in [-0.1, -0.05) is 0 Å². The lowest BCUT2D eigenvalue weighted by molar-refractivity contribution is -0.144. The maximum absolute atomic E-state index is 11.4. The number of ether oxygens (including phenoxy) is 2. The number of amides is 3. The van der Waals surface area contributed by atoms with E-state index in [1.165, 1.54) is 7.11 Å². The molecule has 0 aromatic carbocycles. The SMILES string of the molecule is CCOC(=O)C(N)CSCC(=O)NC(=O)NCCOC. The molecule has 0 saturated carbocycles. The average Bonchev–Trinajstić information content (AvgIpc) is 2.39. The van der Waals surface area contributed by atoms with E-state index in [-0.39, 0.29) is 18.1 Å². The molecule has 0 aliphatic carbocycles. The van der Waals surface area contributed by atoms with Gasteiger partial charge in [0.05, 0.1) is 19.0 Å². The normalized spacial score (nSPS) is 11.6. The van der Waals surface area contributed by atoms with Crippen LogP contribution < -0.4 is 16.4 Å². The van der Waals surface area contributed by atoms with Crippen molar-refractivity contribution >= 4 is 29.7 Å². The van der Waals surface area contributed by atoms with Gasteiger partial charge < -0.3 is 20.5 Å². The molecule has 0 bridgehead atoms. The Morgan fingerprint density at radius 1 is 1.35 bits per heavy atom. The smallest absolute Gasteiger partial charge is 0.323 e. The maximum atomic E-state index is 11.4. The lowest BCUT2D eigenvalue weighted by atomic mass is 10.4. The summed E-state index contributed by atoms with van der Waals surface area (Å²) in [4.78, 5) is 33.8. The maximum Gasteiger partial charge on any atom is 0.323 e. The number of nitrogens with two attached hydrogens (primary N) is 1. The molecule has 8 nitrogen and oxygen atoms in total. The number of esters is 1. The van der Waals surface area contributed by atoms with Gasteiger partial charge in [0, 0.05) is 19.4 Å². The van der Waals surface area contributed by atoms with Crippen molar-refractivity contribution in [3.8, 4) is 0 Å². The van der Waals surface area contributed by atoms with Gasteiger partial charge in [-0.05, 0) is 6.92 Å². The highest BCUT2D eigenvalue weighted by Gasteiger charge is 2.15. The van der Waals surface area contributed by atoms with Crippen LogP contribution in [0.3, 0.4) is 0 Å². The third-order valence-electron chi connectivity index (χ3n) is 1.96. The minimum absolute atomic E-state index is 0.0325. The highest BCUT2D eigenvalue weighted by Crippen LogP contribution is 2.02. The standard InChI is InChI=1S/C11H21N3O5S/c1-3-19-10(16)8(12)6-20-7-9(15)14-11(17)13-4-5-18-2/h8H,3-7,12H2,1-2H3,(H2,13,14,15,17). The largest absolute Gasteiger partial charge is 0.465 e. The minimum atomic E-state index is -0.775. The first kappa shape index (κ1) is 18.7. The second kappa shape index (κ2) is 11.5. The van der Waals surface area contributed by atoms with E-state index >= 15 is 0 Å². The molecule has 0 radical (unpaired) electrons. The Hall–Kier alpha value is -1.32. The molecule has 0 heterocycles. The summed E-state index contributed by atoms with van der Waals surface area (Å²) >= 11 is 1.15. The second-order valence-corrected chi connectivity index (χ2v) is 4.70. The first-order valence-electron chi connectivity index (χ1n) is 6.07. The van der Waals surface area contributed by atoms with Crippen LogP contribution in [0.1, 0.15) is 6.92 Å². The van der Waals surface area contributed by atoms with Gasteiger partial charge in [-0.2, -0.15) is 0 Å². The molecule has 0 rings (SSSR count). The van der Waals surface area contributed by atoms with Crippen molar-refractivity contribution in [3.05, 3.63) is 0 Å². The molecule has 0 spiro atoms. The topological polar surface area (TPSA) is 120 Å². The molecule has 20 heavy (non-hydrogen) atoms. The zero-order valence-corrected chi connectivity index (χ0v) is 12.5. The molecule has 0 aliphatic rings. The minimum Gasteiger partial charge on any atom is -0.465 e. The van der Waals surface area contributed by atoms with Crippen molar-refractivity contribution in [3.63, 3.8) is 0 Å². The van der Waals surface area contributed by atoms with Gasteiger partial charge in [-0.25, -0.2) is 4.79 Å². The number of imide groups is 1. The molecule has 0 fully saturated rings. The highest BCUT2D eigenvalue weighted by atomic mass is 32.2. The van der Waals surface area contributed by atoms with Crippen molar-refractivity contribution in [2.75, 3.05) is 38.4 Å². The van der Waals surface area contributed by atoms with E-state index in [4.69, 9.17) is 15.2 Å². The van der Waals surface area contributed by atoms with Crippen LogP contribution in [-0.2, 0) is 19.1 Å². The Morgan fingerprint density at radius 3 is 2.65 bits per heavy atom. The molecule has 4 N–H and O–H groups in total. The molecule has 1 atom stereocenters.